The lowest BCUT2D eigenvalue weighted by molar-refractivity contribution is -0.127. The molecule has 0 fully saturated rings. The number of halogens is 1. The molecule has 1 aliphatic heterocycles. The van der Waals surface area contributed by atoms with Gasteiger partial charge in [-0.3, -0.25) is 19.3 Å². The van der Waals surface area contributed by atoms with Crippen LogP contribution in [0.1, 0.15) is 13.3 Å². The highest BCUT2D eigenvalue weighted by molar-refractivity contribution is 6.14. The number of hydrogen-bond acceptors (Lipinski definition) is 5. The molecule has 0 bridgehead atoms. The van der Waals surface area contributed by atoms with Crippen molar-refractivity contribution in [1.82, 2.24) is 0 Å². The smallest absolute Gasteiger partial charge is 0.265 e. The van der Waals surface area contributed by atoms with Gasteiger partial charge in [-0.1, -0.05) is 12.1 Å². The highest BCUT2D eigenvalue weighted by atomic mass is 19.1. The molecule has 0 spiro atoms. The van der Waals surface area contributed by atoms with Crippen LogP contribution in [0.25, 0.3) is 0 Å². The largest absolute Gasteiger partial charge is 0.494 e. The van der Waals surface area contributed by atoms with Gasteiger partial charge in [-0.25, -0.2) is 4.39 Å². The minimum Gasteiger partial charge on any atom is -0.494 e. The summed E-state index contributed by atoms with van der Waals surface area (Å²) in [5.41, 5.74) is 1.45. The second-order valence-corrected chi connectivity index (χ2v) is 7.74. The zero-order valence-electron chi connectivity index (χ0n) is 19.0. The van der Waals surface area contributed by atoms with E-state index in [2.05, 4.69) is 10.6 Å². The first kappa shape index (κ1) is 23.7. The number of para-hydroxylation sites is 2. The maximum Gasteiger partial charge on any atom is 0.265 e. The van der Waals surface area contributed by atoms with Gasteiger partial charge in [0.1, 0.15) is 23.4 Å². The quantitative estimate of drug-likeness (QED) is 0.512. The van der Waals surface area contributed by atoms with E-state index in [0.717, 1.165) is 0 Å². The topological polar surface area (TPSA) is 97.0 Å². The summed E-state index contributed by atoms with van der Waals surface area (Å²) in [5, 5.41) is 5.50. The van der Waals surface area contributed by atoms with Gasteiger partial charge < -0.3 is 20.1 Å². The minimum atomic E-state index is -1.09. The minimum absolute atomic E-state index is 0.268. The van der Waals surface area contributed by atoms with Crippen LogP contribution < -0.4 is 25.0 Å². The Morgan fingerprint density at radius 2 is 1.63 bits per heavy atom. The van der Waals surface area contributed by atoms with Gasteiger partial charge in [0.25, 0.3) is 5.91 Å². The third-order valence-electron chi connectivity index (χ3n) is 5.31. The molecule has 9 heteroatoms. The first-order valence-electron chi connectivity index (χ1n) is 11.1. The second kappa shape index (κ2) is 10.7. The van der Waals surface area contributed by atoms with Gasteiger partial charge in [-0.05, 0) is 67.6 Å². The van der Waals surface area contributed by atoms with Crippen LogP contribution in [0.5, 0.6) is 11.5 Å². The van der Waals surface area contributed by atoms with E-state index in [1.165, 1.54) is 29.2 Å². The number of ether oxygens (including phenoxy) is 2. The van der Waals surface area contributed by atoms with Gasteiger partial charge in [0.2, 0.25) is 11.8 Å². The number of nitrogens with one attached hydrogen (secondary N) is 2. The molecule has 35 heavy (non-hydrogen) atoms. The van der Waals surface area contributed by atoms with Crippen molar-refractivity contribution in [2.24, 2.45) is 0 Å². The summed E-state index contributed by atoms with van der Waals surface area (Å²) in [7, 11) is 0. The van der Waals surface area contributed by atoms with Crippen molar-refractivity contribution in [3.8, 4) is 11.5 Å². The van der Waals surface area contributed by atoms with Crippen LogP contribution in [0.3, 0.4) is 0 Å². The molecule has 3 aromatic carbocycles. The Kier molecular flexibility index (Phi) is 7.25. The van der Waals surface area contributed by atoms with Gasteiger partial charge in [-0.15, -0.1) is 0 Å². The predicted molar refractivity (Wildman–Crippen MR) is 129 cm³/mol. The number of amides is 3. The Bertz CT molecular complexity index is 1210. The van der Waals surface area contributed by atoms with E-state index in [4.69, 9.17) is 9.47 Å². The highest BCUT2D eigenvalue weighted by Gasteiger charge is 2.38. The normalized spacial score (nSPS) is 14.5. The Labute approximate surface area is 201 Å². The first-order chi connectivity index (χ1) is 16.9. The van der Waals surface area contributed by atoms with Crippen molar-refractivity contribution < 1.29 is 28.2 Å². The molecule has 0 aliphatic carbocycles. The Balaban J connectivity index is 1.50. The summed E-state index contributed by atoms with van der Waals surface area (Å²) in [6, 6.07) is 17.8. The van der Waals surface area contributed by atoms with Crippen LogP contribution in [-0.2, 0) is 14.4 Å². The summed E-state index contributed by atoms with van der Waals surface area (Å²) in [6.07, 6.45) is -0.268. The lowest BCUT2D eigenvalue weighted by atomic mass is 10.0. The van der Waals surface area contributed by atoms with Crippen LogP contribution in [0.15, 0.2) is 72.8 Å². The number of carbonyl (C=O) groups excluding carboxylic acids is 3. The summed E-state index contributed by atoms with van der Waals surface area (Å²) < 4.78 is 24.0. The highest BCUT2D eigenvalue weighted by Crippen LogP contribution is 2.33. The molecule has 3 amide bonds. The lowest BCUT2D eigenvalue weighted by Crippen LogP contribution is -2.53. The fourth-order valence-electron chi connectivity index (χ4n) is 3.72. The molecule has 1 aliphatic rings. The third kappa shape index (κ3) is 5.75. The molecule has 0 saturated carbocycles. The lowest BCUT2D eigenvalue weighted by Gasteiger charge is -2.36. The van der Waals surface area contributed by atoms with Crippen molar-refractivity contribution in [3.05, 3.63) is 78.6 Å². The number of carbonyl (C=O) groups is 3. The number of anilines is 3. The van der Waals surface area contributed by atoms with Crippen LogP contribution in [-0.4, -0.2) is 37.0 Å². The zero-order valence-corrected chi connectivity index (χ0v) is 19.0. The number of nitrogens with zero attached hydrogens (tertiary/aromatic N) is 1. The van der Waals surface area contributed by atoms with Crippen molar-refractivity contribution in [3.63, 3.8) is 0 Å². The SMILES string of the molecule is CCOc1ccc(NC(=O)CC2C(=O)Nc3ccccc3N2C(=O)COc2ccc(F)cc2)cc1. The van der Waals surface area contributed by atoms with Crippen molar-refractivity contribution in [1.29, 1.82) is 0 Å². The molecule has 1 unspecified atom stereocenters. The fourth-order valence-corrected chi connectivity index (χ4v) is 3.72. The van der Waals surface area contributed by atoms with Gasteiger partial charge in [0.15, 0.2) is 6.61 Å². The molecule has 3 aromatic rings. The average molecular weight is 477 g/mol. The molecule has 0 aromatic heterocycles. The van der Waals surface area contributed by atoms with Gasteiger partial charge in [0, 0.05) is 5.69 Å². The van der Waals surface area contributed by atoms with Crippen molar-refractivity contribution >= 4 is 34.8 Å². The third-order valence-corrected chi connectivity index (χ3v) is 5.31. The summed E-state index contributed by atoms with van der Waals surface area (Å²) >= 11 is 0. The van der Waals surface area contributed by atoms with E-state index in [9.17, 15) is 18.8 Å². The Morgan fingerprint density at radius 1 is 0.971 bits per heavy atom. The van der Waals surface area contributed by atoms with Gasteiger partial charge in [0.05, 0.1) is 24.4 Å². The van der Waals surface area contributed by atoms with Gasteiger partial charge >= 0.3 is 0 Å². The number of rotatable bonds is 8. The molecule has 8 nitrogen and oxygen atoms in total. The zero-order chi connectivity index (χ0) is 24.8. The van der Waals surface area contributed by atoms with E-state index in [1.807, 2.05) is 6.92 Å². The number of benzene rings is 3. The predicted octanol–water partition coefficient (Wildman–Crippen LogP) is 3.99. The van der Waals surface area contributed by atoms with Crippen molar-refractivity contribution in [2.75, 3.05) is 28.7 Å². The Hall–Kier alpha value is -4.40. The van der Waals surface area contributed by atoms with E-state index < -0.39 is 36.2 Å². The van der Waals surface area contributed by atoms with Crippen LogP contribution in [0, 0.1) is 5.82 Å². The average Bonchev–Trinajstić information content (AvgIpc) is 2.85. The first-order valence-corrected chi connectivity index (χ1v) is 11.1. The molecule has 180 valence electrons. The molecule has 1 heterocycles. The second-order valence-electron chi connectivity index (χ2n) is 7.74. The molecular weight excluding hydrogens is 453 g/mol. The molecular formula is C26H24FN3O5. The fraction of sp³-hybridized carbons (Fsp3) is 0.192. The molecule has 4 rings (SSSR count). The maximum atomic E-state index is 13.2. The van der Waals surface area contributed by atoms with Crippen LogP contribution >= 0.6 is 0 Å². The van der Waals surface area contributed by atoms with E-state index in [1.54, 1.807) is 48.5 Å². The standard InChI is InChI=1S/C26H24FN3O5/c1-2-34-19-13-9-18(10-14-19)28-24(31)15-23-26(33)29-21-5-3-4-6-22(21)30(23)25(32)16-35-20-11-7-17(27)8-12-20/h3-14,23H,2,15-16H2,1H3,(H,28,31)(H,29,33). The summed E-state index contributed by atoms with van der Waals surface area (Å²) in [4.78, 5) is 40.2. The monoisotopic (exact) mass is 477 g/mol. The number of fused-ring (bicyclic) bond motifs is 1. The van der Waals surface area contributed by atoms with Crippen LogP contribution in [0.4, 0.5) is 21.5 Å². The van der Waals surface area contributed by atoms with E-state index >= 15 is 0 Å². The Morgan fingerprint density at radius 3 is 2.34 bits per heavy atom. The number of hydrogen-bond donors (Lipinski definition) is 2. The van der Waals surface area contributed by atoms with E-state index in [-0.39, 0.29) is 6.42 Å². The molecule has 2 N–H and O–H groups in total. The van der Waals surface area contributed by atoms with Gasteiger partial charge in [-0.2, -0.15) is 0 Å². The maximum absolute atomic E-state index is 13.2. The molecule has 1 atom stereocenters. The summed E-state index contributed by atoms with van der Waals surface area (Å²) in [6.45, 7) is 2.00. The summed E-state index contributed by atoms with van der Waals surface area (Å²) in [5.74, 6) is -0.892. The van der Waals surface area contributed by atoms with Crippen molar-refractivity contribution in [2.45, 2.75) is 19.4 Å². The molecule has 0 radical (unpaired) electrons. The van der Waals surface area contributed by atoms with E-state index in [0.29, 0.717) is 35.2 Å². The molecule has 0 saturated heterocycles. The van der Waals surface area contributed by atoms with Crippen LogP contribution in [0.2, 0.25) is 0 Å².